The topological polar surface area (TPSA) is 34.2 Å². The highest BCUT2D eigenvalue weighted by Crippen LogP contribution is 2.23. The van der Waals surface area contributed by atoms with Crippen LogP contribution in [-0.4, -0.2) is 23.7 Å². The number of aromatic nitrogens is 1. The molecule has 1 aromatic carbocycles. The van der Waals surface area contributed by atoms with Gasteiger partial charge < -0.3 is 10.1 Å². The lowest BCUT2D eigenvalue weighted by molar-refractivity contribution is 0.0278. The van der Waals surface area contributed by atoms with Crippen molar-refractivity contribution in [2.24, 2.45) is 0 Å². The van der Waals surface area contributed by atoms with E-state index in [2.05, 4.69) is 35.4 Å². The second kappa shape index (κ2) is 4.96. The van der Waals surface area contributed by atoms with Gasteiger partial charge in [0.25, 0.3) is 0 Å². The first-order valence-electron chi connectivity index (χ1n) is 6.42. The fourth-order valence-electron chi connectivity index (χ4n) is 2.36. The average Bonchev–Trinajstić information content (AvgIpc) is 2.80. The zero-order valence-corrected chi connectivity index (χ0v) is 11.4. The van der Waals surface area contributed by atoms with Crippen LogP contribution in [0.15, 0.2) is 24.3 Å². The molecular weight excluding hydrogens is 244 g/mol. The van der Waals surface area contributed by atoms with E-state index < -0.39 is 0 Å². The molecule has 0 radical (unpaired) electrons. The van der Waals surface area contributed by atoms with E-state index in [0.29, 0.717) is 0 Å². The summed E-state index contributed by atoms with van der Waals surface area (Å²) in [5.41, 5.74) is 1.21. The molecule has 0 aliphatic carbocycles. The molecular formula is C14H18N2OS. The van der Waals surface area contributed by atoms with Crippen molar-refractivity contribution in [2.45, 2.75) is 31.8 Å². The van der Waals surface area contributed by atoms with Crippen molar-refractivity contribution in [3.8, 4) is 0 Å². The van der Waals surface area contributed by atoms with Gasteiger partial charge in [-0.25, -0.2) is 4.98 Å². The second-order valence-electron chi connectivity index (χ2n) is 5.15. The number of para-hydroxylation sites is 1. The molecule has 1 atom stereocenters. The molecule has 0 saturated carbocycles. The first kappa shape index (κ1) is 12.1. The minimum atomic E-state index is 0.107. The lowest BCUT2D eigenvalue weighted by atomic mass is 9.95. The Bertz CT molecular complexity index is 498. The Balaban J connectivity index is 1.69. The van der Waals surface area contributed by atoms with E-state index in [9.17, 15) is 0 Å². The summed E-state index contributed by atoms with van der Waals surface area (Å²) in [6, 6.07) is 8.30. The number of hydrogen-bond acceptors (Lipinski definition) is 4. The Labute approximate surface area is 111 Å². The highest BCUT2D eigenvalue weighted by atomic mass is 32.1. The molecule has 1 saturated heterocycles. The summed E-state index contributed by atoms with van der Waals surface area (Å²) in [6.45, 7) is 4.77. The predicted molar refractivity (Wildman–Crippen MR) is 74.9 cm³/mol. The monoisotopic (exact) mass is 262 g/mol. The van der Waals surface area contributed by atoms with Crippen molar-refractivity contribution in [3.05, 3.63) is 29.3 Å². The molecule has 2 aromatic rings. The molecule has 18 heavy (non-hydrogen) atoms. The molecule has 96 valence electrons. The van der Waals surface area contributed by atoms with Gasteiger partial charge in [0.2, 0.25) is 0 Å². The maximum absolute atomic E-state index is 5.55. The first-order valence-corrected chi connectivity index (χ1v) is 7.24. The van der Waals surface area contributed by atoms with Crippen LogP contribution in [0.1, 0.15) is 24.8 Å². The zero-order chi connectivity index (χ0) is 12.4. The van der Waals surface area contributed by atoms with Gasteiger partial charge in [-0.2, -0.15) is 0 Å². The summed E-state index contributed by atoms with van der Waals surface area (Å²) in [5.74, 6) is 0. The van der Waals surface area contributed by atoms with Crippen LogP contribution in [0.3, 0.4) is 0 Å². The number of ether oxygens (including phenoxy) is 1. The first-order chi connectivity index (χ1) is 8.75. The van der Waals surface area contributed by atoms with Crippen LogP contribution in [0.25, 0.3) is 10.2 Å². The van der Waals surface area contributed by atoms with Gasteiger partial charge in [0, 0.05) is 18.7 Å². The molecule has 2 heterocycles. The number of benzene rings is 1. The SMILES string of the molecule is CC1(NCc2nc3ccccc3s2)CCCOC1. The Morgan fingerprint density at radius 2 is 2.33 bits per heavy atom. The third kappa shape index (κ3) is 2.55. The smallest absolute Gasteiger partial charge is 0.108 e. The molecule has 1 fully saturated rings. The highest BCUT2D eigenvalue weighted by molar-refractivity contribution is 7.18. The Hall–Kier alpha value is -0.970. The van der Waals surface area contributed by atoms with Crippen molar-refractivity contribution in [2.75, 3.05) is 13.2 Å². The molecule has 0 amide bonds. The van der Waals surface area contributed by atoms with Crippen molar-refractivity contribution >= 4 is 21.6 Å². The summed E-state index contributed by atoms with van der Waals surface area (Å²) in [5, 5.41) is 4.75. The van der Waals surface area contributed by atoms with Crippen molar-refractivity contribution < 1.29 is 4.74 Å². The molecule has 1 aromatic heterocycles. The van der Waals surface area contributed by atoms with Crippen LogP contribution in [0.2, 0.25) is 0 Å². The Morgan fingerprint density at radius 3 is 3.11 bits per heavy atom. The summed E-state index contributed by atoms with van der Waals surface area (Å²) in [6.07, 6.45) is 2.32. The second-order valence-corrected chi connectivity index (χ2v) is 6.26. The number of nitrogens with zero attached hydrogens (tertiary/aromatic N) is 1. The molecule has 1 aliphatic heterocycles. The lowest BCUT2D eigenvalue weighted by Gasteiger charge is -2.34. The van der Waals surface area contributed by atoms with E-state index in [1.165, 1.54) is 11.1 Å². The maximum atomic E-state index is 5.55. The minimum Gasteiger partial charge on any atom is -0.380 e. The molecule has 3 rings (SSSR count). The van der Waals surface area contributed by atoms with Gasteiger partial charge in [-0.1, -0.05) is 12.1 Å². The van der Waals surface area contributed by atoms with E-state index in [0.717, 1.165) is 36.7 Å². The maximum Gasteiger partial charge on any atom is 0.108 e. The van der Waals surface area contributed by atoms with Gasteiger partial charge in [-0.05, 0) is 31.9 Å². The van der Waals surface area contributed by atoms with Crippen LogP contribution >= 0.6 is 11.3 Å². The average molecular weight is 262 g/mol. The third-order valence-corrected chi connectivity index (χ3v) is 4.48. The molecule has 1 N–H and O–H groups in total. The van der Waals surface area contributed by atoms with Gasteiger partial charge in [0.15, 0.2) is 0 Å². The molecule has 4 heteroatoms. The van der Waals surface area contributed by atoms with Gasteiger partial charge >= 0.3 is 0 Å². The molecule has 0 bridgehead atoms. The van der Waals surface area contributed by atoms with E-state index in [1.807, 2.05) is 6.07 Å². The lowest BCUT2D eigenvalue weighted by Crippen LogP contribution is -2.48. The fourth-order valence-corrected chi connectivity index (χ4v) is 3.27. The van der Waals surface area contributed by atoms with Gasteiger partial charge in [0.1, 0.15) is 5.01 Å². The van der Waals surface area contributed by atoms with Crippen LogP contribution in [0, 0.1) is 0 Å². The van der Waals surface area contributed by atoms with Gasteiger partial charge in [-0.15, -0.1) is 11.3 Å². The quantitative estimate of drug-likeness (QED) is 0.923. The molecule has 3 nitrogen and oxygen atoms in total. The molecule has 1 aliphatic rings. The summed E-state index contributed by atoms with van der Waals surface area (Å²) in [4.78, 5) is 4.64. The Kier molecular flexibility index (Phi) is 3.33. The summed E-state index contributed by atoms with van der Waals surface area (Å²) >= 11 is 1.77. The number of fused-ring (bicyclic) bond motifs is 1. The Morgan fingerprint density at radius 1 is 1.44 bits per heavy atom. The van der Waals surface area contributed by atoms with E-state index in [4.69, 9.17) is 4.74 Å². The van der Waals surface area contributed by atoms with E-state index >= 15 is 0 Å². The fraction of sp³-hybridized carbons (Fsp3) is 0.500. The van der Waals surface area contributed by atoms with Crippen molar-refractivity contribution in [3.63, 3.8) is 0 Å². The van der Waals surface area contributed by atoms with Gasteiger partial charge in [0.05, 0.1) is 16.8 Å². The highest BCUT2D eigenvalue weighted by Gasteiger charge is 2.26. The standard InChI is InChI=1S/C14H18N2OS/c1-14(7-4-8-17-10-14)15-9-13-16-11-5-2-3-6-12(11)18-13/h2-3,5-6,15H,4,7-10H2,1H3. The van der Waals surface area contributed by atoms with Crippen molar-refractivity contribution in [1.29, 1.82) is 0 Å². The summed E-state index contributed by atoms with van der Waals surface area (Å²) in [7, 11) is 0. The zero-order valence-electron chi connectivity index (χ0n) is 10.6. The van der Waals surface area contributed by atoms with E-state index in [-0.39, 0.29) is 5.54 Å². The normalized spacial score (nSPS) is 24.5. The minimum absolute atomic E-state index is 0.107. The van der Waals surface area contributed by atoms with Crippen molar-refractivity contribution in [1.82, 2.24) is 10.3 Å². The largest absolute Gasteiger partial charge is 0.380 e. The number of thiazole rings is 1. The number of rotatable bonds is 3. The summed E-state index contributed by atoms with van der Waals surface area (Å²) < 4.78 is 6.82. The van der Waals surface area contributed by atoms with E-state index in [1.54, 1.807) is 11.3 Å². The predicted octanol–water partition coefficient (Wildman–Crippen LogP) is 2.96. The van der Waals surface area contributed by atoms with Gasteiger partial charge in [-0.3, -0.25) is 0 Å². The van der Waals surface area contributed by atoms with Crippen LogP contribution < -0.4 is 5.32 Å². The number of nitrogens with one attached hydrogen (secondary N) is 1. The van der Waals surface area contributed by atoms with Crippen LogP contribution in [0.5, 0.6) is 0 Å². The molecule has 0 spiro atoms. The van der Waals surface area contributed by atoms with Crippen LogP contribution in [-0.2, 0) is 11.3 Å². The number of hydrogen-bond donors (Lipinski definition) is 1. The molecule has 1 unspecified atom stereocenters. The third-order valence-electron chi connectivity index (χ3n) is 3.44. The van der Waals surface area contributed by atoms with Crippen LogP contribution in [0.4, 0.5) is 0 Å².